The van der Waals surface area contributed by atoms with E-state index in [4.69, 9.17) is 11.6 Å². The highest BCUT2D eigenvalue weighted by atomic mass is 35.5. The summed E-state index contributed by atoms with van der Waals surface area (Å²) in [5, 5.41) is 0. The van der Waals surface area contributed by atoms with Crippen LogP contribution < -0.4 is 0 Å². The molecule has 0 aliphatic carbocycles. The van der Waals surface area contributed by atoms with Gasteiger partial charge in [0.2, 0.25) is 0 Å². The van der Waals surface area contributed by atoms with E-state index in [2.05, 4.69) is 4.99 Å². The second-order valence-electron chi connectivity index (χ2n) is 0.681. The zero-order valence-electron chi connectivity index (χ0n) is 3.73. The van der Waals surface area contributed by atoms with Crippen molar-refractivity contribution in [2.45, 2.75) is 0 Å². The lowest BCUT2D eigenvalue weighted by molar-refractivity contribution is 1.48. The summed E-state index contributed by atoms with van der Waals surface area (Å²) in [6.07, 6.45) is 1.88. The van der Waals surface area contributed by atoms with Crippen LogP contribution in [0.25, 0.3) is 0 Å². The molecule has 3 heteroatoms. The summed E-state index contributed by atoms with van der Waals surface area (Å²) in [5.74, 6) is 0. The highest BCUT2D eigenvalue weighted by molar-refractivity contribution is 8.16. The van der Waals surface area contributed by atoms with E-state index >= 15 is 0 Å². The van der Waals surface area contributed by atoms with Crippen LogP contribution in [0.1, 0.15) is 0 Å². The van der Waals surface area contributed by atoms with E-state index in [-0.39, 0.29) is 0 Å². The van der Waals surface area contributed by atoms with E-state index in [0.717, 1.165) is 0 Å². The van der Waals surface area contributed by atoms with Gasteiger partial charge >= 0.3 is 0 Å². The van der Waals surface area contributed by atoms with Crippen LogP contribution in [0.15, 0.2) is 4.99 Å². The minimum Gasteiger partial charge on any atom is -0.271 e. The van der Waals surface area contributed by atoms with E-state index in [0.29, 0.717) is 4.50 Å². The Labute approximate surface area is 46.8 Å². The van der Waals surface area contributed by atoms with Crippen LogP contribution in [-0.4, -0.2) is 17.8 Å². The number of aliphatic imine (C=N–C) groups is 1. The lowest BCUT2D eigenvalue weighted by Crippen LogP contribution is -1.70. The summed E-state index contributed by atoms with van der Waals surface area (Å²) in [5.41, 5.74) is 0. The van der Waals surface area contributed by atoms with Gasteiger partial charge in [-0.15, -0.1) is 0 Å². The molecule has 36 valence electrons. The molecule has 0 aliphatic heterocycles. The predicted octanol–water partition coefficient (Wildman–Crippen LogP) is 1.57. The Morgan fingerprint density at radius 1 is 1.83 bits per heavy atom. The molecule has 0 aliphatic rings. The summed E-state index contributed by atoms with van der Waals surface area (Å²) in [4.78, 5) is 3.65. The van der Waals surface area contributed by atoms with E-state index in [1.807, 2.05) is 6.26 Å². The first kappa shape index (κ1) is 6.31. The normalized spacial score (nSPS) is 12.2. The van der Waals surface area contributed by atoms with Gasteiger partial charge in [0.1, 0.15) is 0 Å². The monoisotopic (exact) mass is 123 g/mol. The van der Waals surface area contributed by atoms with E-state index in [1.165, 1.54) is 11.8 Å². The van der Waals surface area contributed by atoms with Gasteiger partial charge in [-0.25, -0.2) is 0 Å². The van der Waals surface area contributed by atoms with Crippen LogP contribution in [0.4, 0.5) is 0 Å². The van der Waals surface area contributed by atoms with Crippen molar-refractivity contribution >= 4 is 27.9 Å². The Morgan fingerprint density at radius 2 is 2.33 bits per heavy atom. The minimum atomic E-state index is 0.606. The van der Waals surface area contributed by atoms with Crippen molar-refractivity contribution in [3.8, 4) is 0 Å². The molecule has 6 heavy (non-hydrogen) atoms. The fourth-order valence-corrected chi connectivity index (χ4v) is 0.274. The molecule has 0 aromatic heterocycles. The van der Waals surface area contributed by atoms with Crippen molar-refractivity contribution in [1.82, 2.24) is 0 Å². The molecule has 0 saturated carbocycles. The van der Waals surface area contributed by atoms with Gasteiger partial charge in [-0.05, 0) is 6.26 Å². The van der Waals surface area contributed by atoms with Gasteiger partial charge in [-0.3, -0.25) is 4.99 Å². The molecule has 0 N–H and O–H groups in total. The Bertz CT molecular complexity index is 61.8. The van der Waals surface area contributed by atoms with Gasteiger partial charge in [-0.1, -0.05) is 23.4 Å². The van der Waals surface area contributed by atoms with Crippen molar-refractivity contribution in [3.63, 3.8) is 0 Å². The number of nitrogens with zero attached hydrogens (tertiary/aromatic N) is 1. The van der Waals surface area contributed by atoms with Gasteiger partial charge in [-0.2, -0.15) is 0 Å². The third-order valence-corrected chi connectivity index (χ3v) is 1.50. The molecule has 0 rings (SSSR count). The number of hydrogen-bond acceptors (Lipinski definition) is 2. The Kier molecular flexibility index (Phi) is 3.68. The second-order valence-corrected chi connectivity index (χ2v) is 2.06. The number of thioether (sulfide) groups is 1. The minimum absolute atomic E-state index is 0.606. The molecule has 0 spiro atoms. The van der Waals surface area contributed by atoms with Gasteiger partial charge < -0.3 is 0 Å². The summed E-state index contributed by atoms with van der Waals surface area (Å²) in [7, 11) is 1.67. The Hall–Kier alpha value is 0.310. The zero-order valence-corrected chi connectivity index (χ0v) is 5.31. The highest BCUT2D eigenvalue weighted by Gasteiger charge is 1.79. The number of hydrogen-bond donors (Lipinski definition) is 0. The highest BCUT2D eigenvalue weighted by Crippen LogP contribution is 1.99. The van der Waals surface area contributed by atoms with E-state index in [9.17, 15) is 0 Å². The molecule has 0 saturated heterocycles. The lowest BCUT2D eigenvalue weighted by Gasteiger charge is -1.80. The van der Waals surface area contributed by atoms with Crippen molar-refractivity contribution < 1.29 is 0 Å². The summed E-state index contributed by atoms with van der Waals surface area (Å²) < 4.78 is 0.606. The SMILES string of the molecule is CN=C(Cl)SC. The molecule has 0 aromatic rings. The Balaban J connectivity index is 3.22. The standard InChI is InChI=1S/C3H6ClNS/c1-5-3(4)6-2/h1-2H3. The maximum atomic E-state index is 5.36. The lowest BCUT2D eigenvalue weighted by atomic mass is 11.4. The van der Waals surface area contributed by atoms with Gasteiger partial charge in [0.05, 0.1) is 0 Å². The molecular weight excluding hydrogens is 118 g/mol. The van der Waals surface area contributed by atoms with Crippen LogP contribution in [0.3, 0.4) is 0 Å². The van der Waals surface area contributed by atoms with Crippen molar-refractivity contribution in [1.29, 1.82) is 0 Å². The predicted molar refractivity (Wildman–Crippen MR) is 32.7 cm³/mol. The fraction of sp³-hybridized carbons (Fsp3) is 0.667. The Morgan fingerprint density at radius 3 is 2.33 bits per heavy atom. The molecule has 0 fully saturated rings. The average molecular weight is 124 g/mol. The molecule has 0 amide bonds. The maximum Gasteiger partial charge on any atom is 0.157 e. The largest absolute Gasteiger partial charge is 0.271 e. The van der Waals surface area contributed by atoms with E-state index < -0.39 is 0 Å². The molecule has 0 radical (unpaired) electrons. The van der Waals surface area contributed by atoms with Crippen LogP contribution in [-0.2, 0) is 0 Å². The third kappa shape index (κ3) is 2.54. The average Bonchev–Trinajstić information content (AvgIpc) is 1.65. The quantitative estimate of drug-likeness (QED) is 0.352. The molecule has 0 atom stereocenters. The summed E-state index contributed by atoms with van der Waals surface area (Å²) in [6.45, 7) is 0. The molecule has 0 heterocycles. The van der Waals surface area contributed by atoms with Crippen LogP contribution >= 0.6 is 23.4 Å². The molecular formula is C3H6ClNS. The van der Waals surface area contributed by atoms with Crippen LogP contribution in [0.2, 0.25) is 0 Å². The first-order valence-corrected chi connectivity index (χ1v) is 3.07. The number of rotatable bonds is 0. The summed E-state index contributed by atoms with van der Waals surface area (Å²) in [6, 6.07) is 0. The third-order valence-electron chi connectivity index (χ3n) is 0.344. The van der Waals surface area contributed by atoms with Crippen molar-refractivity contribution in [2.24, 2.45) is 4.99 Å². The maximum absolute atomic E-state index is 5.36. The molecule has 0 unspecified atom stereocenters. The smallest absolute Gasteiger partial charge is 0.157 e. The van der Waals surface area contributed by atoms with Gasteiger partial charge in [0.15, 0.2) is 4.50 Å². The van der Waals surface area contributed by atoms with Crippen molar-refractivity contribution in [2.75, 3.05) is 13.3 Å². The fourth-order valence-electron chi connectivity index (χ4n) is 0.0913. The van der Waals surface area contributed by atoms with E-state index in [1.54, 1.807) is 7.05 Å². The van der Waals surface area contributed by atoms with Crippen LogP contribution in [0.5, 0.6) is 0 Å². The van der Waals surface area contributed by atoms with Crippen LogP contribution in [0, 0.1) is 0 Å². The molecule has 1 nitrogen and oxygen atoms in total. The summed E-state index contributed by atoms with van der Waals surface area (Å²) >= 11 is 6.80. The topological polar surface area (TPSA) is 12.4 Å². The number of halogens is 1. The molecule has 0 bridgehead atoms. The van der Waals surface area contributed by atoms with Gasteiger partial charge in [0, 0.05) is 7.05 Å². The first-order valence-electron chi connectivity index (χ1n) is 1.47. The van der Waals surface area contributed by atoms with Crippen molar-refractivity contribution in [3.05, 3.63) is 0 Å². The molecule has 0 aromatic carbocycles. The first-order chi connectivity index (χ1) is 2.81. The van der Waals surface area contributed by atoms with Gasteiger partial charge in [0.25, 0.3) is 0 Å². The zero-order chi connectivity index (χ0) is 4.99. The second kappa shape index (κ2) is 3.50.